The fourth-order valence-corrected chi connectivity index (χ4v) is 3.66. The van der Waals surface area contributed by atoms with Crippen molar-refractivity contribution in [2.75, 3.05) is 5.32 Å². The lowest BCUT2D eigenvalue weighted by molar-refractivity contribution is -0.137. The molecule has 0 unspecified atom stereocenters. The van der Waals surface area contributed by atoms with Gasteiger partial charge in [0.05, 0.1) is 15.6 Å². The number of anilines is 1. The van der Waals surface area contributed by atoms with Crippen LogP contribution in [0.4, 0.5) is 5.82 Å². The maximum Gasteiger partial charge on any atom is 0.339 e. The molecular weight excluding hydrogens is 429 g/mol. The van der Waals surface area contributed by atoms with Crippen LogP contribution in [-0.4, -0.2) is 38.2 Å². The standard InChI is InChI=1S/C21H15Cl2N3O4/c22-14-6-10-5-13(20(27)28)19(25-17(10)8-15(14)23)26-18(21(29)30)7-11-9-24-16-4-2-1-3-12(11)16/h1-6,8-9,18,24H,7H2,(H,25,26)(H,27,28)(H,29,30)/t18-/m1/s1. The summed E-state index contributed by atoms with van der Waals surface area (Å²) < 4.78 is 0. The first kappa shape index (κ1) is 20.0. The summed E-state index contributed by atoms with van der Waals surface area (Å²) in [6.07, 6.45) is 1.87. The van der Waals surface area contributed by atoms with E-state index in [1.165, 1.54) is 18.2 Å². The summed E-state index contributed by atoms with van der Waals surface area (Å²) in [5.41, 5.74) is 1.91. The van der Waals surface area contributed by atoms with E-state index in [2.05, 4.69) is 15.3 Å². The highest BCUT2D eigenvalue weighted by Gasteiger charge is 2.23. The van der Waals surface area contributed by atoms with Gasteiger partial charge in [-0.25, -0.2) is 14.6 Å². The fraction of sp³-hybridized carbons (Fsp3) is 0.0952. The predicted molar refractivity (Wildman–Crippen MR) is 116 cm³/mol. The zero-order valence-electron chi connectivity index (χ0n) is 15.3. The molecular formula is C21H15Cl2N3O4. The molecule has 4 rings (SSSR count). The summed E-state index contributed by atoms with van der Waals surface area (Å²) in [5, 5.41) is 24.0. The number of aromatic amines is 1. The second-order valence-corrected chi connectivity index (χ2v) is 7.56. The number of aromatic nitrogens is 2. The van der Waals surface area contributed by atoms with E-state index in [4.69, 9.17) is 23.2 Å². The second kappa shape index (κ2) is 7.85. The van der Waals surface area contributed by atoms with Crippen molar-refractivity contribution in [2.45, 2.75) is 12.5 Å². The van der Waals surface area contributed by atoms with Gasteiger partial charge in [0.1, 0.15) is 17.4 Å². The van der Waals surface area contributed by atoms with E-state index in [0.29, 0.717) is 10.9 Å². The minimum atomic E-state index is -1.24. The first-order valence-corrected chi connectivity index (χ1v) is 9.66. The number of carboxylic acid groups (broad SMARTS) is 2. The van der Waals surface area contributed by atoms with Crippen molar-refractivity contribution < 1.29 is 19.8 Å². The second-order valence-electron chi connectivity index (χ2n) is 6.75. The highest BCUT2D eigenvalue weighted by Crippen LogP contribution is 2.30. The molecule has 0 saturated heterocycles. The number of hydrogen-bond acceptors (Lipinski definition) is 4. The van der Waals surface area contributed by atoms with Crippen molar-refractivity contribution >= 4 is 62.8 Å². The Morgan fingerprint density at radius 2 is 1.83 bits per heavy atom. The highest BCUT2D eigenvalue weighted by atomic mass is 35.5. The number of halogens is 2. The van der Waals surface area contributed by atoms with Crippen LogP contribution in [0.25, 0.3) is 21.8 Å². The van der Waals surface area contributed by atoms with Crippen molar-refractivity contribution in [3.05, 3.63) is 69.8 Å². The van der Waals surface area contributed by atoms with Crippen LogP contribution in [0.5, 0.6) is 0 Å². The molecule has 4 N–H and O–H groups in total. The van der Waals surface area contributed by atoms with Gasteiger partial charge in [-0.2, -0.15) is 0 Å². The zero-order valence-corrected chi connectivity index (χ0v) is 16.8. The number of para-hydroxylation sites is 1. The summed E-state index contributed by atoms with van der Waals surface area (Å²) in [6, 6.07) is 10.8. The van der Waals surface area contributed by atoms with Crippen molar-refractivity contribution in [3.63, 3.8) is 0 Å². The van der Waals surface area contributed by atoms with Crippen LogP contribution in [0.3, 0.4) is 0 Å². The highest BCUT2D eigenvalue weighted by molar-refractivity contribution is 6.42. The van der Waals surface area contributed by atoms with Gasteiger partial charge in [-0.1, -0.05) is 41.4 Å². The van der Waals surface area contributed by atoms with Crippen LogP contribution in [0.1, 0.15) is 15.9 Å². The van der Waals surface area contributed by atoms with Gasteiger partial charge in [0.25, 0.3) is 0 Å². The molecule has 4 aromatic rings. The van der Waals surface area contributed by atoms with Gasteiger partial charge < -0.3 is 20.5 Å². The molecule has 0 aliphatic heterocycles. The minimum absolute atomic E-state index is 0.0550. The van der Waals surface area contributed by atoms with Gasteiger partial charge in [0.15, 0.2) is 0 Å². The van der Waals surface area contributed by atoms with Crippen LogP contribution in [0, 0.1) is 0 Å². The zero-order chi connectivity index (χ0) is 21.4. The third kappa shape index (κ3) is 3.77. The van der Waals surface area contributed by atoms with E-state index in [1.807, 2.05) is 24.3 Å². The Labute approximate surface area is 180 Å². The number of benzene rings is 2. The molecule has 0 spiro atoms. The molecule has 0 aliphatic carbocycles. The Morgan fingerprint density at radius 1 is 1.10 bits per heavy atom. The van der Waals surface area contributed by atoms with E-state index >= 15 is 0 Å². The average Bonchev–Trinajstić information content (AvgIpc) is 3.11. The average molecular weight is 444 g/mol. The number of rotatable bonds is 6. The van der Waals surface area contributed by atoms with Crippen LogP contribution in [0.2, 0.25) is 10.0 Å². The first-order chi connectivity index (χ1) is 14.3. The number of fused-ring (bicyclic) bond motifs is 2. The number of hydrogen-bond donors (Lipinski definition) is 4. The van der Waals surface area contributed by atoms with Gasteiger partial charge in [-0.3, -0.25) is 0 Å². The maximum absolute atomic E-state index is 11.9. The molecule has 2 aromatic heterocycles. The summed E-state index contributed by atoms with van der Waals surface area (Å²) in [5.74, 6) is -2.43. The van der Waals surface area contributed by atoms with Crippen molar-refractivity contribution in [3.8, 4) is 0 Å². The largest absolute Gasteiger partial charge is 0.480 e. The maximum atomic E-state index is 11.9. The summed E-state index contributed by atoms with van der Waals surface area (Å²) in [6.45, 7) is 0. The van der Waals surface area contributed by atoms with E-state index in [-0.39, 0.29) is 27.8 Å². The van der Waals surface area contributed by atoms with Gasteiger partial charge in [0, 0.05) is 28.9 Å². The van der Waals surface area contributed by atoms with Crippen molar-refractivity contribution in [1.82, 2.24) is 9.97 Å². The van der Waals surface area contributed by atoms with E-state index < -0.39 is 18.0 Å². The fourth-order valence-electron chi connectivity index (χ4n) is 3.33. The molecule has 0 saturated carbocycles. The Kier molecular flexibility index (Phi) is 5.24. The molecule has 0 aliphatic rings. The number of pyridine rings is 1. The number of carboxylic acids is 2. The third-order valence-electron chi connectivity index (χ3n) is 4.80. The van der Waals surface area contributed by atoms with Crippen molar-refractivity contribution in [2.24, 2.45) is 0 Å². The Balaban J connectivity index is 1.74. The van der Waals surface area contributed by atoms with Gasteiger partial charge >= 0.3 is 11.9 Å². The molecule has 2 heterocycles. The number of nitrogens with zero attached hydrogens (tertiary/aromatic N) is 1. The molecule has 7 nitrogen and oxygen atoms in total. The van der Waals surface area contributed by atoms with Crippen molar-refractivity contribution in [1.29, 1.82) is 0 Å². The number of aromatic carboxylic acids is 1. The molecule has 0 radical (unpaired) electrons. The van der Waals surface area contributed by atoms with Crippen LogP contribution < -0.4 is 5.32 Å². The number of nitrogens with one attached hydrogen (secondary N) is 2. The van der Waals surface area contributed by atoms with E-state index in [9.17, 15) is 19.8 Å². The number of H-pyrrole nitrogens is 1. The van der Waals surface area contributed by atoms with E-state index in [0.717, 1.165) is 16.5 Å². The SMILES string of the molecule is O=C(O)c1cc2cc(Cl)c(Cl)cc2nc1N[C@H](Cc1c[nH]c2ccccc12)C(=O)O. The molecule has 0 amide bonds. The normalized spacial score (nSPS) is 12.2. The van der Waals surface area contributed by atoms with Gasteiger partial charge in [-0.15, -0.1) is 0 Å². The van der Waals surface area contributed by atoms with Crippen LogP contribution >= 0.6 is 23.2 Å². The summed E-state index contributed by atoms with van der Waals surface area (Å²) >= 11 is 12.1. The van der Waals surface area contributed by atoms with Crippen LogP contribution in [0.15, 0.2) is 48.7 Å². The monoisotopic (exact) mass is 443 g/mol. The Hall–Kier alpha value is -3.29. The molecule has 30 heavy (non-hydrogen) atoms. The Bertz CT molecular complexity index is 1300. The topological polar surface area (TPSA) is 115 Å². The number of aliphatic carboxylic acids is 1. The predicted octanol–water partition coefficient (Wildman–Crippen LogP) is 4.83. The molecule has 1 atom stereocenters. The number of carbonyl (C=O) groups is 2. The molecule has 9 heteroatoms. The minimum Gasteiger partial charge on any atom is -0.480 e. The first-order valence-electron chi connectivity index (χ1n) is 8.91. The van der Waals surface area contributed by atoms with Gasteiger partial charge in [0.2, 0.25) is 0 Å². The molecule has 0 fully saturated rings. The quantitative estimate of drug-likeness (QED) is 0.339. The summed E-state index contributed by atoms with van der Waals surface area (Å²) in [7, 11) is 0. The van der Waals surface area contributed by atoms with Gasteiger partial charge in [-0.05, 0) is 29.8 Å². The third-order valence-corrected chi connectivity index (χ3v) is 5.52. The summed E-state index contributed by atoms with van der Waals surface area (Å²) in [4.78, 5) is 31.1. The lowest BCUT2D eigenvalue weighted by Gasteiger charge is -2.17. The lowest BCUT2D eigenvalue weighted by Crippen LogP contribution is -2.32. The molecule has 2 aromatic carbocycles. The van der Waals surface area contributed by atoms with Crippen LogP contribution in [-0.2, 0) is 11.2 Å². The molecule has 152 valence electrons. The Morgan fingerprint density at radius 3 is 2.57 bits per heavy atom. The molecule has 0 bridgehead atoms. The smallest absolute Gasteiger partial charge is 0.339 e. The van der Waals surface area contributed by atoms with E-state index in [1.54, 1.807) is 6.20 Å². The lowest BCUT2D eigenvalue weighted by atomic mass is 10.0.